The molecular formula is C23H26N4O4S. The van der Waals surface area contributed by atoms with Gasteiger partial charge >= 0.3 is 0 Å². The van der Waals surface area contributed by atoms with Crippen LogP contribution in [0, 0.1) is 18.3 Å². The minimum Gasteiger partial charge on any atom is -0.384 e. The Labute approximate surface area is 188 Å². The summed E-state index contributed by atoms with van der Waals surface area (Å²) in [5.74, 6) is 2.66. The summed E-state index contributed by atoms with van der Waals surface area (Å²) >= 11 is 0. The van der Waals surface area contributed by atoms with Gasteiger partial charge in [0.2, 0.25) is 15.9 Å². The van der Waals surface area contributed by atoms with Crippen molar-refractivity contribution in [1.29, 1.82) is 0 Å². The van der Waals surface area contributed by atoms with E-state index >= 15 is 0 Å². The molecule has 32 heavy (non-hydrogen) atoms. The topological polar surface area (TPSA) is 92.7 Å². The first-order valence-corrected chi connectivity index (χ1v) is 12.0. The number of piperidine rings is 1. The molecule has 9 heteroatoms. The molecule has 4 rings (SSSR count). The number of ether oxygens (including phenoxy) is 1. The number of hydrogen-bond donors (Lipinski definition) is 0. The minimum absolute atomic E-state index is 0.142. The van der Waals surface area contributed by atoms with Crippen LogP contribution < -0.4 is 0 Å². The molecule has 2 saturated heterocycles. The van der Waals surface area contributed by atoms with Gasteiger partial charge in [0.15, 0.2) is 5.82 Å². The number of nitrogens with zero attached hydrogens (tertiary/aromatic N) is 4. The van der Waals surface area contributed by atoms with Crippen molar-refractivity contribution in [2.45, 2.75) is 36.2 Å². The molecule has 1 aromatic heterocycles. The first kappa shape index (κ1) is 22.4. The fourth-order valence-electron chi connectivity index (χ4n) is 4.71. The van der Waals surface area contributed by atoms with Crippen LogP contribution in [-0.4, -0.2) is 72.4 Å². The van der Waals surface area contributed by atoms with Crippen molar-refractivity contribution in [2.24, 2.45) is 5.92 Å². The maximum absolute atomic E-state index is 13.8. The molecule has 0 aliphatic carbocycles. The number of carbonyl (C=O) groups excluding carboxylic acids is 1. The Morgan fingerprint density at radius 2 is 1.91 bits per heavy atom. The second-order valence-corrected chi connectivity index (χ2v) is 9.93. The molecule has 2 unspecified atom stereocenters. The molecule has 3 atom stereocenters. The van der Waals surface area contributed by atoms with Crippen molar-refractivity contribution in [3.8, 4) is 23.7 Å². The van der Waals surface area contributed by atoms with Crippen LogP contribution in [0.5, 0.6) is 0 Å². The number of carbonyl (C=O) groups is 1. The molecule has 2 aliphatic heterocycles. The molecule has 0 N–H and O–H groups in total. The molecule has 2 bridgehead atoms. The van der Waals surface area contributed by atoms with Crippen LogP contribution in [0.3, 0.4) is 0 Å². The third-order valence-electron chi connectivity index (χ3n) is 6.12. The van der Waals surface area contributed by atoms with Gasteiger partial charge in [-0.05, 0) is 49.6 Å². The van der Waals surface area contributed by atoms with E-state index in [1.807, 2.05) is 0 Å². The monoisotopic (exact) mass is 454 g/mol. The highest BCUT2D eigenvalue weighted by molar-refractivity contribution is 7.89. The SMILES string of the molecule is C#CCN1C[C@H](COC)C2CCCC(C1=O)N2S(=O)(=O)c1ccc(-c2ncccn2)cc1. The Kier molecular flexibility index (Phi) is 6.55. The average molecular weight is 455 g/mol. The number of rotatable bonds is 6. The first-order chi connectivity index (χ1) is 15.5. The van der Waals surface area contributed by atoms with Gasteiger partial charge in [-0.3, -0.25) is 4.79 Å². The molecule has 0 saturated carbocycles. The van der Waals surface area contributed by atoms with E-state index in [2.05, 4.69) is 15.9 Å². The van der Waals surface area contributed by atoms with Crippen LogP contribution in [0.4, 0.5) is 0 Å². The number of aromatic nitrogens is 2. The third kappa shape index (κ3) is 4.13. The lowest BCUT2D eigenvalue weighted by Crippen LogP contribution is -2.55. The predicted octanol–water partition coefficient (Wildman–Crippen LogP) is 1.79. The molecule has 0 spiro atoms. The Morgan fingerprint density at radius 1 is 1.19 bits per heavy atom. The van der Waals surface area contributed by atoms with Crippen LogP contribution in [0.25, 0.3) is 11.4 Å². The molecular weight excluding hydrogens is 428 g/mol. The van der Waals surface area contributed by atoms with Gasteiger partial charge in [-0.15, -0.1) is 6.42 Å². The van der Waals surface area contributed by atoms with Crippen LogP contribution in [0.2, 0.25) is 0 Å². The summed E-state index contributed by atoms with van der Waals surface area (Å²) in [4.78, 5) is 23.4. The smallest absolute Gasteiger partial charge is 0.244 e. The van der Waals surface area contributed by atoms with E-state index in [0.717, 1.165) is 6.42 Å². The number of hydrogen-bond acceptors (Lipinski definition) is 6. The van der Waals surface area contributed by atoms with Gasteiger partial charge in [-0.1, -0.05) is 5.92 Å². The molecule has 2 aromatic rings. The third-order valence-corrected chi connectivity index (χ3v) is 8.07. The van der Waals surface area contributed by atoms with E-state index in [0.29, 0.717) is 37.4 Å². The van der Waals surface area contributed by atoms with Crippen molar-refractivity contribution in [2.75, 3.05) is 26.8 Å². The van der Waals surface area contributed by atoms with Gasteiger partial charge in [-0.2, -0.15) is 4.31 Å². The number of benzene rings is 1. The molecule has 2 aliphatic rings. The molecule has 3 heterocycles. The summed E-state index contributed by atoms with van der Waals surface area (Å²) < 4.78 is 34.4. The molecule has 1 aromatic carbocycles. The highest BCUT2D eigenvalue weighted by atomic mass is 32.2. The Balaban J connectivity index is 1.72. The Morgan fingerprint density at radius 3 is 2.56 bits per heavy atom. The summed E-state index contributed by atoms with van der Waals surface area (Å²) in [5.41, 5.74) is 0.717. The lowest BCUT2D eigenvalue weighted by atomic mass is 9.91. The number of terminal acetylenes is 1. The number of fused-ring (bicyclic) bond motifs is 2. The molecule has 8 nitrogen and oxygen atoms in total. The summed E-state index contributed by atoms with van der Waals surface area (Å²) in [7, 11) is -2.34. The summed E-state index contributed by atoms with van der Waals surface area (Å²) in [5, 5.41) is 0. The summed E-state index contributed by atoms with van der Waals surface area (Å²) in [6.07, 6.45) is 10.7. The lowest BCUT2D eigenvalue weighted by Gasteiger charge is -2.40. The molecule has 1 amide bonds. The van der Waals surface area contributed by atoms with Crippen LogP contribution in [-0.2, 0) is 19.6 Å². The quantitative estimate of drug-likeness (QED) is 0.618. The standard InChI is InChI=1S/C23H26N4O4S/c1-3-14-26-15-18(16-31-2)20-6-4-7-21(23(26)28)27(20)32(29,30)19-10-8-17(9-11-19)22-24-12-5-13-25-22/h1,5,8-13,18,20-21H,4,6-7,14-16H2,2H3/t18-,20?,21?/m1/s1. The van der Waals surface area contributed by atoms with E-state index < -0.39 is 16.1 Å². The van der Waals surface area contributed by atoms with Crippen LogP contribution in [0.15, 0.2) is 47.6 Å². The highest BCUT2D eigenvalue weighted by Gasteiger charge is 2.49. The largest absolute Gasteiger partial charge is 0.384 e. The lowest BCUT2D eigenvalue weighted by molar-refractivity contribution is -0.134. The number of amides is 1. The summed E-state index contributed by atoms with van der Waals surface area (Å²) in [6, 6.07) is 7.11. The van der Waals surface area contributed by atoms with E-state index in [4.69, 9.17) is 11.2 Å². The average Bonchev–Trinajstić information content (AvgIpc) is 2.88. The normalized spacial score (nSPS) is 24.1. The van der Waals surface area contributed by atoms with Crippen molar-refractivity contribution >= 4 is 15.9 Å². The van der Waals surface area contributed by atoms with E-state index in [-0.39, 0.29) is 29.3 Å². The fourth-order valence-corrected chi connectivity index (χ4v) is 6.60. The van der Waals surface area contributed by atoms with Gasteiger partial charge in [-0.25, -0.2) is 18.4 Å². The number of methoxy groups -OCH3 is 1. The molecule has 0 radical (unpaired) electrons. The Hall–Kier alpha value is -2.80. The second-order valence-electron chi connectivity index (χ2n) is 8.08. The van der Waals surface area contributed by atoms with Gasteiger partial charge < -0.3 is 9.64 Å². The zero-order chi connectivity index (χ0) is 22.7. The van der Waals surface area contributed by atoms with Gasteiger partial charge in [0.25, 0.3) is 0 Å². The minimum atomic E-state index is -3.93. The number of sulfonamides is 1. The van der Waals surface area contributed by atoms with E-state index in [1.54, 1.807) is 54.7 Å². The molecule has 2 fully saturated rings. The highest BCUT2D eigenvalue weighted by Crippen LogP contribution is 2.37. The van der Waals surface area contributed by atoms with Gasteiger partial charge in [0.05, 0.1) is 18.0 Å². The Bertz CT molecular complexity index is 1100. The van der Waals surface area contributed by atoms with Crippen molar-refractivity contribution in [3.05, 3.63) is 42.7 Å². The zero-order valence-corrected chi connectivity index (χ0v) is 18.7. The second kappa shape index (κ2) is 9.36. The van der Waals surface area contributed by atoms with Crippen LogP contribution >= 0.6 is 0 Å². The predicted molar refractivity (Wildman–Crippen MR) is 119 cm³/mol. The molecule has 168 valence electrons. The van der Waals surface area contributed by atoms with Crippen molar-refractivity contribution in [3.63, 3.8) is 0 Å². The van der Waals surface area contributed by atoms with Crippen molar-refractivity contribution < 1.29 is 17.9 Å². The van der Waals surface area contributed by atoms with Gasteiger partial charge in [0, 0.05) is 43.6 Å². The van der Waals surface area contributed by atoms with Gasteiger partial charge in [0.1, 0.15) is 6.04 Å². The van der Waals surface area contributed by atoms with Crippen LogP contribution in [0.1, 0.15) is 19.3 Å². The zero-order valence-electron chi connectivity index (χ0n) is 17.9. The van der Waals surface area contributed by atoms with E-state index in [9.17, 15) is 13.2 Å². The maximum atomic E-state index is 13.8. The summed E-state index contributed by atoms with van der Waals surface area (Å²) in [6.45, 7) is 0.887. The fraction of sp³-hybridized carbons (Fsp3) is 0.435. The van der Waals surface area contributed by atoms with E-state index in [1.165, 1.54) is 4.31 Å². The van der Waals surface area contributed by atoms with Crippen molar-refractivity contribution in [1.82, 2.24) is 19.2 Å². The first-order valence-electron chi connectivity index (χ1n) is 10.6. The maximum Gasteiger partial charge on any atom is 0.244 e.